The predicted octanol–water partition coefficient (Wildman–Crippen LogP) is 1.97. The van der Waals surface area contributed by atoms with Crippen molar-refractivity contribution in [2.24, 2.45) is 5.73 Å². The van der Waals surface area contributed by atoms with Crippen LogP contribution in [0.2, 0.25) is 0 Å². The summed E-state index contributed by atoms with van der Waals surface area (Å²) in [6.07, 6.45) is 18.3. The monoisotopic (exact) mass is 421 g/mol. The van der Waals surface area contributed by atoms with Crippen LogP contribution in [0.1, 0.15) is 105 Å². The van der Waals surface area contributed by atoms with Gasteiger partial charge in [0.15, 0.2) is 11.3 Å². The topological polar surface area (TPSA) is 118 Å². The Balaban J connectivity index is -0.00000364. The van der Waals surface area contributed by atoms with Gasteiger partial charge in [-0.2, -0.15) is 0 Å². The van der Waals surface area contributed by atoms with Crippen LogP contribution >= 0.6 is 0 Å². The van der Waals surface area contributed by atoms with Gasteiger partial charge >= 0.3 is 41.5 Å². The number of carbonyl (C=O) groups excluding carboxylic acids is 1. The zero-order valence-corrected chi connectivity index (χ0v) is 20.5. The van der Waals surface area contributed by atoms with Crippen LogP contribution in [-0.2, 0) is 14.4 Å². The van der Waals surface area contributed by atoms with Crippen LogP contribution < -0.4 is 35.3 Å². The van der Waals surface area contributed by atoms with Gasteiger partial charge in [-0.15, -0.1) is 0 Å². The normalized spacial score (nSPS) is 13.0. The van der Waals surface area contributed by atoms with Crippen LogP contribution in [0.3, 0.4) is 0 Å². The molecule has 0 rings (SSSR count). The number of ketones is 1. The minimum atomic E-state index is -2.31. The minimum absolute atomic E-state index is 0. The average molecular weight is 422 g/mol. The first kappa shape index (κ1) is 30.5. The molecule has 29 heavy (non-hydrogen) atoms. The molecule has 0 heterocycles. The number of allylic oxidation sites excluding steroid dienone is 2. The summed E-state index contributed by atoms with van der Waals surface area (Å²) in [5.74, 6) is -3.67. The van der Waals surface area contributed by atoms with Crippen molar-refractivity contribution in [1.29, 1.82) is 0 Å². The zero-order chi connectivity index (χ0) is 21.3. The van der Waals surface area contributed by atoms with E-state index in [9.17, 15) is 14.4 Å². The molecule has 4 N–H and O–H groups in total. The molecule has 6 nitrogen and oxygen atoms in total. The molecular weight excluding hydrogens is 381 g/mol. The molecule has 0 aliphatic rings. The zero-order valence-electron chi connectivity index (χ0n) is 19.5. The maximum Gasteiger partial charge on any atom is 1.00 e. The number of hydrogen-bond acceptors (Lipinski definition) is 4. The summed E-state index contributed by atoms with van der Waals surface area (Å²) in [5.41, 5.74) is 3.20. The maximum absolute atomic E-state index is 12.0. The molecule has 1 atom stereocenters. The van der Waals surface area contributed by atoms with Gasteiger partial charge < -0.3 is 17.4 Å². The molecule has 0 aromatic rings. The van der Waals surface area contributed by atoms with E-state index in [2.05, 4.69) is 19.1 Å². The molecule has 0 fully saturated rings. The van der Waals surface area contributed by atoms with Gasteiger partial charge in [-0.25, -0.2) is 4.79 Å². The Morgan fingerprint density at radius 1 is 0.828 bits per heavy atom. The molecular formula is C22H40NNaO5. The van der Waals surface area contributed by atoms with Crippen molar-refractivity contribution < 1.29 is 55.6 Å². The van der Waals surface area contributed by atoms with Gasteiger partial charge in [0, 0.05) is 6.42 Å². The van der Waals surface area contributed by atoms with E-state index in [4.69, 9.17) is 15.9 Å². The third-order valence-corrected chi connectivity index (χ3v) is 4.97. The Labute approximate surface area is 199 Å². The Morgan fingerprint density at radius 2 is 1.28 bits per heavy atom. The molecule has 1 unspecified atom stereocenters. The second kappa shape index (κ2) is 19.3. The quantitative estimate of drug-likeness (QED) is 0.127. The van der Waals surface area contributed by atoms with E-state index in [1.54, 1.807) is 0 Å². The Bertz CT molecular complexity index is 502. The van der Waals surface area contributed by atoms with Gasteiger partial charge in [-0.05, 0) is 32.1 Å². The molecule has 0 aliphatic carbocycles. The van der Waals surface area contributed by atoms with Crippen molar-refractivity contribution in [3.63, 3.8) is 0 Å². The molecule has 164 valence electrons. The maximum atomic E-state index is 12.0. The van der Waals surface area contributed by atoms with Crippen molar-refractivity contribution in [3.05, 3.63) is 12.2 Å². The van der Waals surface area contributed by atoms with Gasteiger partial charge in [0.2, 0.25) is 0 Å². The molecule has 0 saturated heterocycles. The van der Waals surface area contributed by atoms with Crippen LogP contribution in [0.5, 0.6) is 0 Å². The summed E-state index contributed by atoms with van der Waals surface area (Å²) in [4.78, 5) is 33.9. The first-order valence-electron chi connectivity index (χ1n) is 10.8. The number of unbranched alkanes of at least 4 members (excludes halogenated alkanes) is 11. The van der Waals surface area contributed by atoms with Crippen molar-refractivity contribution in [2.75, 3.05) is 0 Å². The number of carboxylic acid groups (broad SMARTS) is 2. The SMILES string of the molecule is CCCCCCCC/C=C\CCCCCCCC(=O)C(N)(CC(=O)O)C(=O)O.[H-].[Na+]. The predicted molar refractivity (Wildman–Crippen MR) is 112 cm³/mol. The fourth-order valence-electron chi connectivity index (χ4n) is 3.11. The van der Waals surface area contributed by atoms with Crippen LogP contribution in [0.15, 0.2) is 12.2 Å². The number of hydrogen-bond donors (Lipinski definition) is 3. The van der Waals surface area contributed by atoms with Gasteiger partial charge in [0.25, 0.3) is 0 Å². The summed E-state index contributed by atoms with van der Waals surface area (Å²) in [6.45, 7) is 2.23. The van der Waals surface area contributed by atoms with Crippen molar-refractivity contribution in [3.8, 4) is 0 Å². The van der Waals surface area contributed by atoms with Gasteiger partial charge in [0.05, 0.1) is 6.42 Å². The smallest absolute Gasteiger partial charge is 1.00 e. The average Bonchev–Trinajstić information content (AvgIpc) is 2.63. The molecule has 0 bridgehead atoms. The number of carbonyl (C=O) groups is 3. The van der Waals surface area contributed by atoms with Crippen molar-refractivity contribution in [2.45, 2.75) is 109 Å². The molecule has 0 aromatic carbocycles. The molecule has 0 amide bonds. The molecule has 0 aliphatic heterocycles. The Kier molecular flexibility index (Phi) is 20.3. The summed E-state index contributed by atoms with van der Waals surface area (Å²) in [5, 5.41) is 17.8. The van der Waals surface area contributed by atoms with Crippen molar-refractivity contribution >= 4 is 17.7 Å². The summed E-state index contributed by atoms with van der Waals surface area (Å²) in [6, 6.07) is 0. The fourth-order valence-corrected chi connectivity index (χ4v) is 3.11. The molecule has 7 heteroatoms. The van der Waals surface area contributed by atoms with E-state index < -0.39 is 29.7 Å². The Hall–Kier alpha value is -0.690. The minimum Gasteiger partial charge on any atom is -1.00 e. The van der Waals surface area contributed by atoms with Crippen molar-refractivity contribution in [1.82, 2.24) is 0 Å². The summed E-state index contributed by atoms with van der Waals surface area (Å²) < 4.78 is 0. The number of carboxylic acids is 2. The number of aliphatic carboxylic acids is 2. The number of nitrogens with two attached hydrogens (primary N) is 1. The fraction of sp³-hybridized carbons (Fsp3) is 0.773. The second-order valence-corrected chi connectivity index (χ2v) is 7.60. The molecule has 0 radical (unpaired) electrons. The van der Waals surface area contributed by atoms with Crippen LogP contribution in [-0.4, -0.2) is 33.5 Å². The van der Waals surface area contributed by atoms with E-state index in [-0.39, 0.29) is 37.4 Å². The molecule has 0 spiro atoms. The standard InChI is InChI=1S/C22H39NO5.Na.H/c1-2-3-4-5-6-7-8-9-10-11-12-13-14-15-16-17-19(24)22(23,21(27)28)18-20(25)26;;/h9-10H,2-8,11-18,23H2,1H3,(H,25,26)(H,27,28);;/q;+1;-1/b10-9-;;. The van der Waals surface area contributed by atoms with Gasteiger partial charge in [-0.1, -0.05) is 70.4 Å². The summed E-state index contributed by atoms with van der Waals surface area (Å²) >= 11 is 0. The second-order valence-electron chi connectivity index (χ2n) is 7.60. The van der Waals surface area contributed by atoms with Crippen LogP contribution in [0, 0.1) is 0 Å². The Morgan fingerprint density at radius 3 is 1.72 bits per heavy atom. The third kappa shape index (κ3) is 15.8. The first-order chi connectivity index (χ1) is 13.3. The number of rotatable bonds is 19. The van der Waals surface area contributed by atoms with Gasteiger partial charge in [-0.3, -0.25) is 9.59 Å². The molecule has 0 saturated carbocycles. The first-order valence-corrected chi connectivity index (χ1v) is 10.8. The largest absolute Gasteiger partial charge is 1.00 e. The van der Waals surface area contributed by atoms with E-state index in [1.165, 1.54) is 38.5 Å². The molecule has 0 aromatic heterocycles. The van der Waals surface area contributed by atoms with Crippen LogP contribution in [0.25, 0.3) is 0 Å². The van der Waals surface area contributed by atoms with Gasteiger partial charge in [0.1, 0.15) is 0 Å². The van der Waals surface area contributed by atoms with E-state index >= 15 is 0 Å². The number of Topliss-reactive ketones (excluding diaryl/α,β-unsaturated/α-hetero) is 1. The van der Waals surface area contributed by atoms with Crippen LogP contribution in [0.4, 0.5) is 0 Å². The van der Waals surface area contributed by atoms with E-state index in [0.717, 1.165) is 38.5 Å². The third-order valence-electron chi connectivity index (χ3n) is 4.97. The van der Waals surface area contributed by atoms with E-state index in [0.29, 0.717) is 6.42 Å². The summed E-state index contributed by atoms with van der Waals surface area (Å²) in [7, 11) is 0. The van der Waals surface area contributed by atoms with E-state index in [1.807, 2.05) is 0 Å².